The van der Waals surface area contributed by atoms with Crippen molar-refractivity contribution in [2.24, 2.45) is 5.73 Å². The lowest BCUT2D eigenvalue weighted by Gasteiger charge is -2.28. The fourth-order valence-corrected chi connectivity index (χ4v) is 3.03. The highest BCUT2D eigenvalue weighted by Crippen LogP contribution is 2.19. The van der Waals surface area contributed by atoms with E-state index < -0.39 is 5.91 Å². The van der Waals surface area contributed by atoms with Gasteiger partial charge in [-0.1, -0.05) is 19.1 Å². The van der Waals surface area contributed by atoms with Crippen molar-refractivity contribution in [3.63, 3.8) is 0 Å². The van der Waals surface area contributed by atoms with Crippen LogP contribution in [0.4, 0.5) is 0 Å². The molecular formula is C18H24N2O2S. The summed E-state index contributed by atoms with van der Waals surface area (Å²) < 4.78 is 5.39. The molecule has 0 saturated carbocycles. The number of hydrogen-bond acceptors (Lipinski definition) is 4. The number of amides is 1. The fourth-order valence-electron chi connectivity index (χ4n) is 2.37. The van der Waals surface area contributed by atoms with E-state index in [0.717, 1.165) is 19.5 Å². The molecule has 0 bridgehead atoms. The van der Waals surface area contributed by atoms with Gasteiger partial charge in [-0.2, -0.15) is 11.3 Å². The third kappa shape index (κ3) is 5.69. The maximum atomic E-state index is 10.8. The number of benzene rings is 1. The van der Waals surface area contributed by atoms with Crippen LogP contribution >= 0.6 is 11.3 Å². The van der Waals surface area contributed by atoms with E-state index in [1.165, 1.54) is 11.1 Å². The van der Waals surface area contributed by atoms with Crippen LogP contribution in [-0.2, 0) is 17.9 Å². The first-order chi connectivity index (χ1) is 11.1. The molecule has 0 aliphatic rings. The van der Waals surface area contributed by atoms with Crippen LogP contribution in [0.15, 0.2) is 41.1 Å². The molecule has 0 fully saturated rings. The van der Waals surface area contributed by atoms with Crippen molar-refractivity contribution in [3.05, 3.63) is 52.2 Å². The highest BCUT2D eigenvalue weighted by Gasteiger charge is 2.14. The average Bonchev–Trinajstić information content (AvgIpc) is 3.05. The molecule has 4 nitrogen and oxygen atoms in total. The molecule has 23 heavy (non-hydrogen) atoms. The van der Waals surface area contributed by atoms with Crippen LogP contribution in [0.25, 0.3) is 0 Å². The van der Waals surface area contributed by atoms with Gasteiger partial charge in [0.25, 0.3) is 5.91 Å². The quantitative estimate of drug-likeness (QED) is 0.765. The summed E-state index contributed by atoms with van der Waals surface area (Å²) in [4.78, 5) is 13.3. The summed E-state index contributed by atoms with van der Waals surface area (Å²) in [5.74, 6) is 0.218. The summed E-state index contributed by atoms with van der Waals surface area (Å²) in [5, 5.41) is 4.31. The van der Waals surface area contributed by atoms with Gasteiger partial charge in [-0.3, -0.25) is 9.69 Å². The Hall–Kier alpha value is -1.85. The van der Waals surface area contributed by atoms with Gasteiger partial charge in [0.1, 0.15) is 5.75 Å². The van der Waals surface area contributed by atoms with Crippen LogP contribution in [0.3, 0.4) is 0 Å². The number of primary amides is 1. The Kier molecular flexibility index (Phi) is 6.62. The van der Waals surface area contributed by atoms with E-state index in [-0.39, 0.29) is 6.61 Å². The largest absolute Gasteiger partial charge is 0.484 e. The number of rotatable bonds is 9. The molecule has 0 unspecified atom stereocenters. The summed E-state index contributed by atoms with van der Waals surface area (Å²) in [5.41, 5.74) is 7.63. The molecule has 2 rings (SSSR count). The van der Waals surface area contributed by atoms with E-state index in [1.807, 2.05) is 18.2 Å². The zero-order chi connectivity index (χ0) is 16.7. The van der Waals surface area contributed by atoms with Gasteiger partial charge < -0.3 is 10.5 Å². The molecule has 124 valence electrons. The highest BCUT2D eigenvalue weighted by molar-refractivity contribution is 7.07. The predicted octanol–water partition coefficient (Wildman–Crippen LogP) is 3.41. The number of hydrogen-bond donors (Lipinski definition) is 1. The van der Waals surface area contributed by atoms with Crippen LogP contribution in [0, 0.1) is 0 Å². The zero-order valence-corrected chi connectivity index (χ0v) is 14.5. The SMILES string of the molecule is CC[C@H](C)N(Cc1ccsc1)Cc1cccc(OCC(N)=O)c1. The monoisotopic (exact) mass is 332 g/mol. The van der Waals surface area contributed by atoms with E-state index >= 15 is 0 Å². The van der Waals surface area contributed by atoms with Crippen molar-refractivity contribution in [2.75, 3.05) is 6.61 Å². The van der Waals surface area contributed by atoms with E-state index in [4.69, 9.17) is 10.5 Å². The number of thiophene rings is 1. The molecule has 2 aromatic rings. The lowest BCUT2D eigenvalue weighted by molar-refractivity contribution is -0.119. The molecule has 1 amide bonds. The molecule has 5 heteroatoms. The van der Waals surface area contributed by atoms with E-state index in [0.29, 0.717) is 11.8 Å². The summed E-state index contributed by atoms with van der Waals surface area (Å²) in [6.07, 6.45) is 1.10. The summed E-state index contributed by atoms with van der Waals surface area (Å²) in [7, 11) is 0. The van der Waals surface area contributed by atoms with Crippen LogP contribution in [0.1, 0.15) is 31.4 Å². The lowest BCUT2D eigenvalue weighted by atomic mass is 10.1. The Labute approximate surface area is 141 Å². The summed E-state index contributed by atoms with van der Waals surface area (Å²) in [6, 6.07) is 10.5. The van der Waals surface area contributed by atoms with Crippen molar-refractivity contribution in [1.29, 1.82) is 0 Å². The van der Waals surface area contributed by atoms with Gasteiger partial charge in [-0.25, -0.2) is 0 Å². The number of carbonyl (C=O) groups excluding carboxylic acids is 1. The van der Waals surface area contributed by atoms with E-state index in [2.05, 4.69) is 41.6 Å². The molecule has 1 aromatic carbocycles. The third-order valence-corrected chi connectivity index (χ3v) is 4.58. The second-order valence-electron chi connectivity index (χ2n) is 5.70. The van der Waals surface area contributed by atoms with Gasteiger partial charge in [0.15, 0.2) is 6.61 Å². The minimum atomic E-state index is -0.464. The second kappa shape index (κ2) is 8.70. The highest BCUT2D eigenvalue weighted by atomic mass is 32.1. The average molecular weight is 332 g/mol. The molecule has 0 spiro atoms. The normalized spacial score (nSPS) is 12.3. The predicted molar refractivity (Wildman–Crippen MR) is 94.5 cm³/mol. The standard InChI is InChI=1S/C18H24N2O2S/c1-3-14(2)20(11-16-7-8-23-13-16)10-15-5-4-6-17(9-15)22-12-18(19)21/h4-9,13-14H,3,10-12H2,1-2H3,(H2,19,21)/t14-/m0/s1. The molecule has 0 radical (unpaired) electrons. The van der Waals surface area contributed by atoms with Crippen molar-refractivity contribution in [1.82, 2.24) is 4.90 Å². The minimum absolute atomic E-state index is 0.0898. The fraction of sp³-hybridized carbons (Fsp3) is 0.389. The Morgan fingerprint density at radius 2 is 2.09 bits per heavy atom. The van der Waals surface area contributed by atoms with Crippen LogP contribution in [0.2, 0.25) is 0 Å². The van der Waals surface area contributed by atoms with Crippen LogP contribution < -0.4 is 10.5 Å². The number of nitrogens with zero attached hydrogens (tertiary/aromatic N) is 1. The lowest BCUT2D eigenvalue weighted by Crippen LogP contribution is -2.31. The van der Waals surface area contributed by atoms with Crippen molar-refractivity contribution < 1.29 is 9.53 Å². The minimum Gasteiger partial charge on any atom is -0.484 e. The molecular weight excluding hydrogens is 308 g/mol. The van der Waals surface area contributed by atoms with E-state index in [1.54, 1.807) is 11.3 Å². The van der Waals surface area contributed by atoms with Gasteiger partial charge in [0.05, 0.1) is 0 Å². The molecule has 0 saturated heterocycles. The maximum absolute atomic E-state index is 10.8. The Bertz CT molecular complexity index is 613. The van der Waals surface area contributed by atoms with Crippen molar-refractivity contribution >= 4 is 17.2 Å². The van der Waals surface area contributed by atoms with Gasteiger partial charge in [0.2, 0.25) is 0 Å². The molecule has 0 aliphatic carbocycles. The first-order valence-electron chi connectivity index (χ1n) is 7.83. The first-order valence-corrected chi connectivity index (χ1v) is 8.78. The third-order valence-electron chi connectivity index (χ3n) is 3.85. The topological polar surface area (TPSA) is 55.6 Å². The van der Waals surface area contributed by atoms with Gasteiger partial charge in [-0.05, 0) is 53.4 Å². The van der Waals surface area contributed by atoms with Crippen molar-refractivity contribution in [2.45, 2.75) is 39.4 Å². The summed E-state index contributed by atoms with van der Waals surface area (Å²) in [6.45, 7) is 6.15. The number of carbonyl (C=O) groups is 1. The molecule has 1 atom stereocenters. The van der Waals surface area contributed by atoms with Crippen LogP contribution in [-0.4, -0.2) is 23.5 Å². The maximum Gasteiger partial charge on any atom is 0.255 e. The van der Waals surface area contributed by atoms with Crippen molar-refractivity contribution in [3.8, 4) is 5.75 Å². The zero-order valence-electron chi connectivity index (χ0n) is 13.7. The number of ether oxygens (including phenoxy) is 1. The molecule has 2 N–H and O–H groups in total. The Morgan fingerprint density at radius 1 is 1.30 bits per heavy atom. The Morgan fingerprint density at radius 3 is 2.74 bits per heavy atom. The van der Waals surface area contributed by atoms with E-state index in [9.17, 15) is 4.79 Å². The second-order valence-corrected chi connectivity index (χ2v) is 6.48. The molecule has 1 heterocycles. The smallest absolute Gasteiger partial charge is 0.255 e. The van der Waals surface area contributed by atoms with Gasteiger partial charge in [0, 0.05) is 19.1 Å². The first kappa shape index (κ1) is 17.5. The van der Waals surface area contributed by atoms with Crippen LogP contribution in [0.5, 0.6) is 5.75 Å². The van der Waals surface area contributed by atoms with Gasteiger partial charge in [-0.15, -0.1) is 0 Å². The van der Waals surface area contributed by atoms with Gasteiger partial charge >= 0.3 is 0 Å². The molecule has 0 aliphatic heterocycles. The number of nitrogens with two attached hydrogens (primary N) is 1. The Balaban J connectivity index is 2.06. The molecule has 1 aromatic heterocycles. The summed E-state index contributed by atoms with van der Waals surface area (Å²) >= 11 is 1.73.